The highest BCUT2D eigenvalue weighted by Gasteiger charge is 2.29. The molecule has 2 heterocycles. The van der Waals surface area contributed by atoms with Gasteiger partial charge in [-0.05, 0) is 30.9 Å². The number of rotatable bonds is 7. The Morgan fingerprint density at radius 1 is 1.27 bits per heavy atom. The quantitative estimate of drug-likeness (QED) is 0.744. The Balaban J connectivity index is 1.72. The van der Waals surface area contributed by atoms with Gasteiger partial charge in [0.1, 0.15) is 0 Å². The fourth-order valence-electron chi connectivity index (χ4n) is 3.53. The number of likely N-dealkylation sites (tertiary alicyclic amines) is 1. The highest BCUT2D eigenvalue weighted by Crippen LogP contribution is 2.32. The molecule has 1 atom stereocenters. The summed E-state index contributed by atoms with van der Waals surface area (Å²) in [6.07, 6.45) is 3.34. The maximum Gasteiger partial charge on any atom is 0.273 e. The van der Waals surface area contributed by atoms with E-state index in [1.54, 1.807) is 41.1 Å². The molecule has 0 saturated carbocycles. The van der Waals surface area contributed by atoms with Crippen LogP contribution in [-0.2, 0) is 0 Å². The van der Waals surface area contributed by atoms with E-state index in [4.69, 9.17) is 9.47 Å². The molecule has 0 aliphatic carbocycles. The third kappa shape index (κ3) is 4.72. The number of benzene rings is 1. The summed E-state index contributed by atoms with van der Waals surface area (Å²) < 4.78 is 12.4. The minimum Gasteiger partial charge on any atom is -0.493 e. The molecular weight excluding hydrogens is 386 g/mol. The van der Waals surface area contributed by atoms with Crippen LogP contribution in [0.2, 0.25) is 0 Å². The zero-order valence-corrected chi connectivity index (χ0v) is 17.9. The number of carbonyl (C=O) groups is 2. The number of nitrogens with zero attached hydrogens (tertiary/aromatic N) is 4. The molecule has 9 nitrogen and oxygen atoms in total. The number of carbonyl (C=O) groups excluding carboxylic acids is 2. The van der Waals surface area contributed by atoms with E-state index in [1.165, 1.54) is 7.11 Å². The van der Waals surface area contributed by atoms with Crippen LogP contribution in [0.15, 0.2) is 24.4 Å². The van der Waals surface area contributed by atoms with E-state index in [2.05, 4.69) is 15.6 Å². The Bertz CT molecular complexity index is 895. The number of amides is 2. The molecule has 1 aromatic carbocycles. The predicted octanol–water partition coefficient (Wildman–Crippen LogP) is 2.16. The average molecular weight is 415 g/mol. The van der Waals surface area contributed by atoms with E-state index in [0.717, 1.165) is 12.8 Å². The van der Waals surface area contributed by atoms with E-state index in [0.29, 0.717) is 42.6 Å². The lowest BCUT2D eigenvalue weighted by Crippen LogP contribution is -2.41. The number of piperidine rings is 1. The first kappa shape index (κ1) is 21.6. The van der Waals surface area contributed by atoms with Gasteiger partial charge in [-0.3, -0.25) is 9.59 Å². The van der Waals surface area contributed by atoms with Crippen molar-refractivity contribution in [2.45, 2.75) is 32.7 Å². The van der Waals surface area contributed by atoms with Gasteiger partial charge in [-0.2, -0.15) is 0 Å². The van der Waals surface area contributed by atoms with E-state index >= 15 is 0 Å². The predicted molar refractivity (Wildman–Crippen MR) is 111 cm³/mol. The summed E-state index contributed by atoms with van der Waals surface area (Å²) in [5.41, 5.74) is 0.749. The number of nitrogens with one attached hydrogen (secondary N) is 1. The maximum absolute atomic E-state index is 13.2. The van der Waals surface area contributed by atoms with Gasteiger partial charge in [-0.15, -0.1) is 5.10 Å². The summed E-state index contributed by atoms with van der Waals surface area (Å²) in [5, 5.41) is 11.0. The SMILES string of the molecule is COc1cccc(C(=O)N2CCC[C@@H](n3cc(C(=O)NCC(C)C)nn3)C2)c1OC. The van der Waals surface area contributed by atoms with E-state index in [-0.39, 0.29) is 23.6 Å². The normalized spacial score (nSPS) is 16.4. The molecular formula is C21H29N5O4. The molecule has 1 saturated heterocycles. The van der Waals surface area contributed by atoms with Gasteiger partial charge in [-0.1, -0.05) is 25.1 Å². The Morgan fingerprint density at radius 3 is 2.77 bits per heavy atom. The van der Waals surface area contributed by atoms with Crippen LogP contribution in [-0.4, -0.2) is 65.6 Å². The zero-order chi connectivity index (χ0) is 21.7. The second-order valence-corrected chi connectivity index (χ2v) is 7.78. The number of aromatic nitrogens is 3. The molecule has 0 radical (unpaired) electrons. The number of hydrogen-bond donors (Lipinski definition) is 1. The number of para-hydroxylation sites is 1. The van der Waals surface area contributed by atoms with Crippen molar-refractivity contribution in [1.29, 1.82) is 0 Å². The molecule has 9 heteroatoms. The monoisotopic (exact) mass is 415 g/mol. The van der Waals surface area contributed by atoms with E-state index < -0.39 is 0 Å². The van der Waals surface area contributed by atoms with Crippen molar-refractivity contribution in [3.63, 3.8) is 0 Å². The standard InChI is InChI=1S/C21H29N5O4/c1-14(2)11-22-20(27)17-13-26(24-23-17)15-7-6-10-25(12-15)21(28)16-8-5-9-18(29-3)19(16)30-4/h5,8-9,13-15H,6-7,10-12H2,1-4H3,(H,22,27)/t15-/m1/s1. The molecule has 1 N–H and O–H groups in total. The first-order valence-electron chi connectivity index (χ1n) is 10.1. The summed E-state index contributed by atoms with van der Waals surface area (Å²) in [4.78, 5) is 27.2. The number of methoxy groups -OCH3 is 2. The van der Waals surface area contributed by atoms with Crippen LogP contribution < -0.4 is 14.8 Å². The lowest BCUT2D eigenvalue weighted by molar-refractivity contribution is 0.0667. The van der Waals surface area contributed by atoms with Crippen LogP contribution in [0.5, 0.6) is 11.5 Å². The lowest BCUT2D eigenvalue weighted by Gasteiger charge is -2.33. The largest absolute Gasteiger partial charge is 0.493 e. The molecule has 1 aliphatic heterocycles. The summed E-state index contributed by atoms with van der Waals surface area (Å²) in [6, 6.07) is 5.23. The van der Waals surface area contributed by atoms with Crippen LogP contribution in [0.1, 0.15) is 53.6 Å². The topological polar surface area (TPSA) is 98.6 Å². The van der Waals surface area contributed by atoms with Gasteiger partial charge in [0.15, 0.2) is 17.2 Å². The fraction of sp³-hybridized carbons (Fsp3) is 0.524. The van der Waals surface area contributed by atoms with Crippen LogP contribution in [0, 0.1) is 5.92 Å². The molecule has 1 fully saturated rings. The molecule has 1 aromatic heterocycles. The summed E-state index contributed by atoms with van der Waals surface area (Å²) in [7, 11) is 3.07. The third-order valence-corrected chi connectivity index (χ3v) is 5.10. The minimum absolute atomic E-state index is 0.0431. The smallest absolute Gasteiger partial charge is 0.273 e. The molecule has 3 rings (SSSR count). The van der Waals surface area contributed by atoms with Crippen molar-refractivity contribution < 1.29 is 19.1 Å². The van der Waals surface area contributed by atoms with E-state index in [9.17, 15) is 9.59 Å². The Kier molecular flexibility index (Phi) is 6.91. The molecule has 0 unspecified atom stereocenters. The maximum atomic E-state index is 13.2. The van der Waals surface area contributed by atoms with Gasteiger partial charge >= 0.3 is 0 Å². The second-order valence-electron chi connectivity index (χ2n) is 7.78. The fourth-order valence-corrected chi connectivity index (χ4v) is 3.53. The third-order valence-electron chi connectivity index (χ3n) is 5.10. The molecule has 0 spiro atoms. The van der Waals surface area contributed by atoms with Gasteiger partial charge in [0.25, 0.3) is 11.8 Å². The Labute approximate surface area is 176 Å². The molecule has 1 aliphatic rings. The highest BCUT2D eigenvalue weighted by atomic mass is 16.5. The minimum atomic E-state index is -0.236. The van der Waals surface area contributed by atoms with Crippen molar-refractivity contribution >= 4 is 11.8 Å². The summed E-state index contributed by atoms with van der Waals surface area (Å²) in [5.74, 6) is 0.947. The molecule has 2 aromatic rings. The van der Waals surface area contributed by atoms with Gasteiger partial charge in [-0.25, -0.2) is 4.68 Å². The number of hydrogen-bond acceptors (Lipinski definition) is 6. The highest BCUT2D eigenvalue weighted by molar-refractivity contribution is 5.98. The number of ether oxygens (including phenoxy) is 2. The second kappa shape index (κ2) is 9.60. The van der Waals surface area contributed by atoms with Crippen molar-refractivity contribution in [3.8, 4) is 11.5 Å². The summed E-state index contributed by atoms with van der Waals surface area (Å²) >= 11 is 0. The molecule has 0 bridgehead atoms. The van der Waals surface area contributed by atoms with Crippen molar-refractivity contribution in [1.82, 2.24) is 25.2 Å². The molecule has 162 valence electrons. The van der Waals surface area contributed by atoms with Crippen LogP contribution in [0.25, 0.3) is 0 Å². The average Bonchev–Trinajstić information content (AvgIpc) is 3.26. The van der Waals surface area contributed by atoms with Crippen LogP contribution >= 0.6 is 0 Å². The first-order valence-corrected chi connectivity index (χ1v) is 10.1. The Hall–Kier alpha value is -3.10. The van der Waals surface area contributed by atoms with Crippen molar-refractivity contribution in [2.24, 2.45) is 5.92 Å². The lowest BCUT2D eigenvalue weighted by atomic mass is 10.0. The van der Waals surface area contributed by atoms with Gasteiger partial charge < -0.3 is 19.7 Å². The van der Waals surface area contributed by atoms with Crippen LogP contribution in [0.3, 0.4) is 0 Å². The van der Waals surface area contributed by atoms with Gasteiger partial charge in [0.2, 0.25) is 0 Å². The first-order chi connectivity index (χ1) is 14.4. The molecule has 30 heavy (non-hydrogen) atoms. The molecule has 2 amide bonds. The van der Waals surface area contributed by atoms with Gasteiger partial charge in [0, 0.05) is 19.6 Å². The summed E-state index contributed by atoms with van der Waals surface area (Å²) in [6.45, 7) is 5.77. The van der Waals surface area contributed by atoms with Crippen molar-refractivity contribution in [3.05, 3.63) is 35.7 Å². The van der Waals surface area contributed by atoms with Crippen LogP contribution in [0.4, 0.5) is 0 Å². The van der Waals surface area contributed by atoms with E-state index in [1.807, 2.05) is 13.8 Å². The van der Waals surface area contributed by atoms with Gasteiger partial charge in [0.05, 0.1) is 32.0 Å². The zero-order valence-electron chi connectivity index (χ0n) is 17.9. The van der Waals surface area contributed by atoms with Crippen molar-refractivity contribution in [2.75, 3.05) is 33.9 Å². The Morgan fingerprint density at radius 2 is 2.07 bits per heavy atom.